The number of nitrogens with one attached hydrogen (secondary N) is 1. The summed E-state index contributed by atoms with van der Waals surface area (Å²) in [4.78, 5) is 13.9. The summed E-state index contributed by atoms with van der Waals surface area (Å²) in [5, 5.41) is 3.43. The van der Waals surface area contributed by atoms with E-state index < -0.39 is 0 Å². The number of ether oxygens (including phenoxy) is 1. The van der Waals surface area contributed by atoms with Crippen LogP contribution in [0, 0.1) is 5.92 Å². The largest absolute Gasteiger partial charge is 0.496 e. The maximum absolute atomic E-state index is 12.1. The molecule has 2 atom stereocenters. The van der Waals surface area contributed by atoms with Gasteiger partial charge in [0.1, 0.15) is 5.75 Å². The van der Waals surface area contributed by atoms with Crippen LogP contribution in [-0.2, 0) is 11.3 Å². The van der Waals surface area contributed by atoms with Crippen LogP contribution in [0.5, 0.6) is 5.75 Å². The van der Waals surface area contributed by atoms with E-state index in [-0.39, 0.29) is 11.9 Å². The Hall–Kier alpha value is -2.11. The van der Waals surface area contributed by atoms with Crippen molar-refractivity contribution in [3.05, 3.63) is 54.1 Å². The number of nitrogens with zero attached hydrogens (tertiary/aromatic N) is 1. The molecule has 1 amide bonds. The molecule has 0 saturated heterocycles. The zero-order valence-electron chi connectivity index (χ0n) is 15.9. The first kappa shape index (κ1) is 20.2. The molecule has 0 bridgehead atoms. The van der Waals surface area contributed by atoms with Gasteiger partial charge in [-0.25, -0.2) is 0 Å². The van der Waals surface area contributed by atoms with Gasteiger partial charge < -0.3 is 20.7 Å². The lowest BCUT2D eigenvalue weighted by molar-refractivity contribution is -0.129. The predicted molar refractivity (Wildman–Crippen MR) is 106 cm³/mol. The summed E-state index contributed by atoms with van der Waals surface area (Å²) in [6.07, 6.45) is 10.3. The second kappa shape index (κ2) is 10.8. The number of methoxy groups -OCH3 is 1. The monoisotopic (exact) mass is 357 g/mol. The van der Waals surface area contributed by atoms with E-state index in [4.69, 9.17) is 10.5 Å². The Kier molecular flexibility index (Phi) is 8.38. The maximum Gasteiger partial charge on any atom is 0.219 e. The molecule has 2 unspecified atom stereocenters. The lowest BCUT2D eigenvalue weighted by Crippen LogP contribution is -2.41. The van der Waals surface area contributed by atoms with Gasteiger partial charge in [0, 0.05) is 38.2 Å². The highest BCUT2D eigenvalue weighted by atomic mass is 16.5. The fraction of sp³-hybridized carbons (Fsp3) is 0.476. The van der Waals surface area contributed by atoms with Crippen LogP contribution in [0.3, 0.4) is 0 Å². The predicted octanol–water partition coefficient (Wildman–Crippen LogP) is 2.48. The summed E-state index contributed by atoms with van der Waals surface area (Å²) in [6.45, 7) is 4.47. The number of carbonyl (C=O) groups is 1. The molecule has 0 spiro atoms. The van der Waals surface area contributed by atoms with E-state index >= 15 is 0 Å². The highest BCUT2D eigenvalue weighted by Crippen LogP contribution is 2.20. The van der Waals surface area contributed by atoms with Crippen molar-refractivity contribution in [2.75, 3.05) is 26.7 Å². The summed E-state index contributed by atoms with van der Waals surface area (Å²) in [5.41, 5.74) is 7.40. The third-order valence-electron chi connectivity index (χ3n) is 4.64. The molecule has 5 nitrogen and oxygen atoms in total. The Bertz CT molecular complexity index is 627. The third-order valence-corrected chi connectivity index (χ3v) is 4.64. The van der Waals surface area contributed by atoms with Crippen LogP contribution >= 0.6 is 0 Å². The number of amides is 1. The van der Waals surface area contributed by atoms with E-state index in [0.717, 1.165) is 37.2 Å². The Morgan fingerprint density at radius 2 is 2.12 bits per heavy atom. The Labute approximate surface area is 156 Å². The fourth-order valence-corrected chi connectivity index (χ4v) is 3.26. The van der Waals surface area contributed by atoms with Crippen LogP contribution in [-0.4, -0.2) is 43.6 Å². The maximum atomic E-state index is 12.1. The van der Waals surface area contributed by atoms with Gasteiger partial charge in [-0.15, -0.1) is 0 Å². The normalized spacial score (nSPS) is 21.0. The molecule has 0 saturated carbocycles. The molecule has 0 aromatic heterocycles. The Morgan fingerprint density at radius 3 is 2.88 bits per heavy atom. The summed E-state index contributed by atoms with van der Waals surface area (Å²) < 4.78 is 5.40. The van der Waals surface area contributed by atoms with Crippen LogP contribution in [0.1, 0.15) is 25.3 Å². The highest BCUT2D eigenvalue weighted by molar-refractivity contribution is 5.73. The molecule has 1 heterocycles. The van der Waals surface area contributed by atoms with Crippen molar-refractivity contribution in [3.63, 3.8) is 0 Å². The van der Waals surface area contributed by atoms with Crippen LogP contribution in [0.25, 0.3) is 0 Å². The van der Waals surface area contributed by atoms with Crippen molar-refractivity contribution in [1.82, 2.24) is 10.2 Å². The van der Waals surface area contributed by atoms with Gasteiger partial charge in [-0.3, -0.25) is 4.79 Å². The molecule has 1 aliphatic rings. The molecule has 142 valence electrons. The standard InChI is InChI=1S/C21H31N3O2/c1-17(25)24(15-19-10-6-7-11-21(19)26-2)16-20(22)13-18-9-5-3-4-8-12-23-14-18/h3-8,10-11,18,20,23H,9,12-16,22H2,1-2H3/b5-3-,8-4-. The molecule has 5 heteroatoms. The van der Waals surface area contributed by atoms with Crippen LogP contribution < -0.4 is 15.8 Å². The van der Waals surface area contributed by atoms with Gasteiger partial charge in [-0.05, 0) is 31.4 Å². The van der Waals surface area contributed by atoms with E-state index in [9.17, 15) is 4.79 Å². The van der Waals surface area contributed by atoms with Gasteiger partial charge >= 0.3 is 0 Å². The van der Waals surface area contributed by atoms with Crippen molar-refractivity contribution in [2.45, 2.75) is 32.4 Å². The first-order valence-corrected chi connectivity index (χ1v) is 9.25. The fourth-order valence-electron chi connectivity index (χ4n) is 3.26. The molecule has 0 fully saturated rings. The van der Waals surface area contributed by atoms with E-state index in [2.05, 4.69) is 29.6 Å². The van der Waals surface area contributed by atoms with E-state index in [1.54, 1.807) is 14.0 Å². The van der Waals surface area contributed by atoms with Gasteiger partial charge in [0.05, 0.1) is 7.11 Å². The van der Waals surface area contributed by atoms with Gasteiger partial charge in [-0.2, -0.15) is 0 Å². The molecular weight excluding hydrogens is 326 g/mol. The van der Waals surface area contributed by atoms with E-state index in [1.165, 1.54) is 0 Å². The SMILES string of the molecule is COc1ccccc1CN(CC(N)CC1C/C=C\C=C/CNC1)C(C)=O. The molecular formula is C21H31N3O2. The summed E-state index contributed by atoms with van der Waals surface area (Å²) in [5.74, 6) is 1.30. The van der Waals surface area contributed by atoms with Crippen molar-refractivity contribution < 1.29 is 9.53 Å². The zero-order valence-corrected chi connectivity index (χ0v) is 15.9. The lowest BCUT2D eigenvalue weighted by Gasteiger charge is -2.27. The van der Waals surface area contributed by atoms with E-state index in [1.807, 2.05) is 29.2 Å². The van der Waals surface area contributed by atoms with E-state index in [0.29, 0.717) is 19.0 Å². The number of allylic oxidation sites excluding steroid dienone is 3. The number of carbonyl (C=O) groups excluding carboxylic acids is 1. The minimum Gasteiger partial charge on any atom is -0.496 e. The molecule has 1 aromatic carbocycles. The molecule has 26 heavy (non-hydrogen) atoms. The topological polar surface area (TPSA) is 67.6 Å². The van der Waals surface area contributed by atoms with Gasteiger partial charge in [0.15, 0.2) is 0 Å². The minimum absolute atomic E-state index is 0.0306. The summed E-state index contributed by atoms with van der Waals surface area (Å²) in [7, 11) is 1.65. The average molecular weight is 357 g/mol. The van der Waals surface area contributed by atoms with Crippen molar-refractivity contribution in [2.24, 2.45) is 11.7 Å². The third kappa shape index (κ3) is 6.65. The van der Waals surface area contributed by atoms with Gasteiger partial charge in [0.25, 0.3) is 0 Å². The number of nitrogens with two attached hydrogens (primary N) is 1. The second-order valence-corrected chi connectivity index (χ2v) is 6.82. The number of benzene rings is 1. The molecule has 0 radical (unpaired) electrons. The minimum atomic E-state index is -0.0532. The molecule has 2 rings (SSSR count). The summed E-state index contributed by atoms with van der Waals surface area (Å²) in [6, 6.07) is 7.73. The molecule has 1 aromatic rings. The number of para-hydroxylation sites is 1. The summed E-state index contributed by atoms with van der Waals surface area (Å²) >= 11 is 0. The van der Waals surface area contributed by atoms with Crippen molar-refractivity contribution in [3.8, 4) is 5.75 Å². The second-order valence-electron chi connectivity index (χ2n) is 6.82. The zero-order chi connectivity index (χ0) is 18.8. The van der Waals surface area contributed by atoms with Gasteiger partial charge in [-0.1, -0.05) is 42.5 Å². The molecule has 3 N–H and O–H groups in total. The van der Waals surface area contributed by atoms with Crippen LogP contribution in [0.4, 0.5) is 0 Å². The first-order valence-electron chi connectivity index (χ1n) is 9.25. The highest BCUT2D eigenvalue weighted by Gasteiger charge is 2.19. The van der Waals surface area contributed by atoms with Gasteiger partial charge in [0.2, 0.25) is 5.91 Å². The Balaban J connectivity index is 1.94. The van der Waals surface area contributed by atoms with Crippen molar-refractivity contribution >= 4 is 5.91 Å². The Morgan fingerprint density at radius 1 is 1.35 bits per heavy atom. The number of hydrogen-bond acceptors (Lipinski definition) is 4. The lowest BCUT2D eigenvalue weighted by atomic mass is 9.96. The molecule has 0 aliphatic carbocycles. The average Bonchev–Trinajstić information content (AvgIpc) is 2.75. The number of hydrogen-bond donors (Lipinski definition) is 2. The van der Waals surface area contributed by atoms with Crippen LogP contribution in [0.2, 0.25) is 0 Å². The smallest absolute Gasteiger partial charge is 0.219 e. The molecule has 1 aliphatic heterocycles. The van der Waals surface area contributed by atoms with Crippen LogP contribution in [0.15, 0.2) is 48.6 Å². The number of rotatable bonds is 7. The quantitative estimate of drug-likeness (QED) is 0.787. The first-order chi connectivity index (χ1) is 12.6. The van der Waals surface area contributed by atoms with Crippen molar-refractivity contribution in [1.29, 1.82) is 0 Å².